The Bertz CT molecular complexity index is 4850. The highest BCUT2D eigenvalue weighted by molar-refractivity contribution is 14.1. The standard InChI is InChI=1S/C18H24ClF4NO3S.C12H12ClF4NOS.C8H2ClF4N.C8H3ClF4O.C7H2ClF4I.C7H4ClF4N.C7H5F4N.C6H11BrO2.C5H12.H3N/c1-17(2,3)28(25)24-14(5-6-15-26-7-4-8-27-15)16-12(18(21,22)23)9-11(20)10-13(16)19;1-11(2,3)20(19)18-6-8-9(12(15,16)17)4-7(14)5-10(8)13;2*9-7-2-4(10)1-6(5(7)3-14)8(11,12)13;2*8-5-2-3(9)1-4(6(5)13)7(10,11)12;8-4-1-2-6(12)5(3-4)7(9,10)11;7-3-2-6-8-4-1-5-9-6;1-5(2,3)4;/h9-10,14-15,24H,4-8H2,1-3H3;4-6H,1-3H3;1-2H;1-3H;1-2H;1-2H,13H2;1-3H,12H2;6H,1-5H2;1-4H3;1H3. The zero-order chi connectivity index (χ0) is 99.5. The molecule has 51 heteroatoms. The molecule has 726 valence electrons. The van der Waals surface area contributed by atoms with E-state index in [1.807, 2.05) is 0 Å². The second-order valence-electron chi connectivity index (χ2n) is 29.2. The van der Waals surface area contributed by atoms with Crippen molar-refractivity contribution in [1.29, 1.82) is 5.26 Å². The van der Waals surface area contributed by atoms with Crippen LogP contribution in [0.25, 0.3) is 0 Å². The number of ether oxygens (including phenoxy) is 4. The maximum absolute atomic E-state index is 13.6. The van der Waals surface area contributed by atoms with E-state index in [0.717, 1.165) is 80.4 Å². The van der Waals surface area contributed by atoms with Gasteiger partial charge in [-0.15, -0.1) is 0 Å². The van der Waals surface area contributed by atoms with Gasteiger partial charge < -0.3 is 36.6 Å². The summed E-state index contributed by atoms with van der Waals surface area (Å²) in [4.78, 5) is 10.3. The summed E-state index contributed by atoms with van der Waals surface area (Å²) in [7, 11) is -3.41. The molecule has 7 aromatic rings. The molecule has 2 aliphatic rings. The lowest BCUT2D eigenvalue weighted by molar-refractivity contribution is -0.182. The monoisotopic (exact) mass is 2220 g/mol. The van der Waals surface area contributed by atoms with Crippen molar-refractivity contribution in [3.05, 3.63) is 227 Å². The number of carbonyl (C=O) groups is 1. The van der Waals surface area contributed by atoms with Crippen molar-refractivity contribution in [2.45, 2.75) is 173 Å². The van der Waals surface area contributed by atoms with Crippen molar-refractivity contribution in [3.8, 4) is 6.07 Å². The Balaban J connectivity index is 0.00000147. The third-order valence-corrected chi connectivity index (χ3v) is 21.3. The number of halogens is 36. The van der Waals surface area contributed by atoms with Crippen LogP contribution in [0, 0.1) is 61.0 Å². The van der Waals surface area contributed by atoms with Gasteiger partial charge in [-0.25, -0.2) is 43.9 Å². The largest absolute Gasteiger partial charge is 0.418 e. The summed E-state index contributed by atoms with van der Waals surface area (Å²) in [5.41, 5.74) is -1.56. The van der Waals surface area contributed by atoms with Crippen LogP contribution in [-0.4, -0.2) is 74.8 Å². The van der Waals surface area contributed by atoms with Crippen LogP contribution >= 0.6 is 108 Å². The molecule has 0 aromatic heterocycles. The van der Waals surface area contributed by atoms with Crippen molar-refractivity contribution in [2.24, 2.45) is 9.81 Å². The number of alkyl halides is 22. The summed E-state index contributed by atoms with van der Waals surface area (Å²) in [6, 6.07) is 8.79. The van der Waals surface area contributed by atoms with E-state index >= 15 is 0 Å². The molecule has 13 nitrogen and oxygen atoms in total. The first kappa shape index (κ1) is 123. The Morgan fingerprint density at radius 1 is 0.473 bits per heavy atom. The minimum Gasteiger partial charge on any atom is -0.398 e. The lowest BCUT2D eigenvalue weighted by Gasteiger charge is -2.29. The third kappa shape index (κ3) is 44.8. The summed E-state index contributed by atoms with van der Waals surface area (Å²) in [5.74, 6) is -7.44. The van der Waals surface area contributed by atoms with E-state index < -0.39 is 215 Å². The number of anilines is 2. The van der Waals surface area contributed by atoms with Crippen molar-refractivity contribution in [3.63, 3.8) is 0 Å². The number of hydrogen-bond acceptors (Lipinski definition) is 11. The number of nitrogens with two attached hydrogens (primary N) is 2. The van der Waals surface area contributed by atoms with Gasteiger partial charge in [-0.1, -0.05) is 113 Å². The molecular formula is C78H78BrCl6F28IN6O7S2. The van der Waals surface area contributed by atoms with E-state index in [-0.39, 0.29) is 62.9 Å². The van der Waals surface area contributed by atoms with E-state index in [9.17, 15) is 136 Å². The van der Waals surface area contributed by atoms with Gasteiger partial charge in [0.25, 0.3) is 0 Å². The number of carbonyl (C=O) groups excluding carboxylic acids is 1. The SMILES string of the molecule is BrCCC1OCCCO1.CC(C)(C)C.CC(C)(C)S(=O)N=Cc1c(Cl)cc(F)cc1C(F)(F)F.CC(C)(C)S(=O)NC(CCC1OCCCO1)c1c(Cl)cc(F)cc1C(F)(F)F.Fc1cc(Cl)c(I)c(C(F)(F)F)c1.N.N#Cc1c(Cl)cc(F)cc1C(F)(F)F.Nc1c(Cl)cc(F)cc1C(F)(F)F.Nc1ccc(F)cc1C(F)(F)F.O=Cc1c(Cl)cc(F)cc1C(F)(F)F. The molecule has 2 aliphatic heterocycles. The number of nitrogens with one attached hydrogen (secondary N) is 1. The number of hydrogen-bond donors (Lipinski definition) is 4. The highest BCUT2D eigenvalue weighted by Crippen LogP contribution is 2.45. The fourth-order valence-corrected chi connectivity index (χ4v) is 12.8. The number of nitrogen functional groups attached to an aromatic ring is 2. The number of nitriles is 1. The Hall–Kier alpha value is -5.98. The molecule has 129 heavy (non-hydrogen) atoms. The van der Waals surface area contributed by atoms with Crippen LogP contribution in [0.5, 0.6) is 0 Å². The van der Waals surface area contributed by atoms with Crippen LogP contribution in [-0.2, 0) is 84.2 Å². The van der Waals surface area contributed by atoms with E-state index in [1.165, 1.54) is 28.7 Å². The topological polar surface area (TPSA) is 223 Å². The number of benzene rings is 7. The maximum Gasteiger partial charge on any atom is 0.418 e. The van der Waals surface area contributed by atoms with Crippen LogP contribution in [0.3, 0.4) is 0 Å². The Morgan fingerprint density at radius 3 is 1.18 bits per heavy atom. The number of aldehydes is 1. The van der Waals surface area contributed by atoms with Gasteiger partial charge in [0, 0.05) is 61.4 Å². The molecule has 0 amide bonds. The average Bonchev–Trinajstić information content (AvgIpc) is 0.766. The van der Waals surface area contributed by atoms with Crippen LogP contribution in [0.15, 0.2) is 95.4 Å². The zero-order valence-corrected chi connectivity index (χ0v) is 78.1. The predicted molar refractivity (Wildman–Crippen MR) is 449 cm³/mol. The molecule has 7 aromatic carbocycles. The van der Waals surface area contributed by atoms with Gasteiger partial charge in [0.05, 0.1) is 122 Å². The Kier molecular flexibility index (Phi) is 50.3. The first-order valence-corrected chi connectivity index (χ1v) is 42.2. The van der Waals surface area contributed by atoms with Gasteiger partial charge in [-0.2, -0.15) is 102 Å². The predicted octanol–water partition coefficient (Wildman–Crippen LogP) is 29.6. The van der Waals surface area contributed by atoms with Crippen LogP contribution in [0.2, 0.25) is 30.1 Å². The van der Waals surface area contributed by atoms with Gasteiger partial charge in [-0.3, -0.25) is 4.79 Å². The van der Waals surface area contributed by atoms with E-state index in [0.29, 0.717) is 61.1 Å². The van der Waals surface area contributed by atoms with Gasteiger partial charge in [-0.05, 0) is 180 Å². The third-order valence-electron chi connectivity index (χ3n) is 14.6. The highest BCUT2D eigenvalue weighted by atomic mass is 127. The van der Waals surface area contributed by atoms with Gasteiger partial charge in [0.2, 0.25) is 0 Å². The molecule has 0 aliphatic carbocycles. The molecule has 0 bridgehead atoms. The van der Waals surface area contributed by atoms with E-state index in [1.54, 1.807) is 41.5 Å². The first-order valence-electron chi connectivity index (χ1n) is 35.4. The number of nitrogens with zero attached hydrogens (tertiary/aromatic N) is 2. The summed E-state index contributed by atoms with van der Waals surface area (Å²) >= 11 is 37.6. The normalized spacial score (nSPS) is 14.3. The second kappa shape index (κ2) is 52.8. The Labute approximate surface area is 778 Å². The van der Waals surface area contributed by atoms with Crippen LogP contribution < -0.4 is 22.3 Å². The molecule has 0 saturated carbocycles. The second-order valence-corrected chi connectivity index (χ2v) is 37.4. The van der Waals surface area contributed by atoms with Crippen molar-refractivity contribution < 1.29 is 155 Å². The van der Waals surface area contributed by atoms with Gasteiger partial charge in [0.1, 0.15) is 57.8 Å². The first-order chi connectivity index (χ1) is 58.0. The summed E-state index contributed by atoms with van der Waals surface area (Å²) in [6.45, 7) is 21.4. The molecule has 2 fully saturated rings. The minimum absolute atomic E-state index is 0. The summed E-state index contributed by atoms with van der Waals surface area (Å²) in [5, 5.41) is 6.78. The van der Waals surface area contributed by atoms with Crippen molar-refractivity contribution in [1.82, 2.24) is 10.9 Å². The lowest BCUT2D eigenvalue weighted by atomic mass is 9.96. The molecule has 9 rings (SSSR count). The quantitative estimate of drug-likeness (QED) is 0.0181. The van der Waals surface area contributed by atoms with Gasteiger partial charge >= 0.3 is 43.2 Å². The van der Waals surface area contributed by atoms with E-state index in [2.05, 4.69) is 52.7 Å². The highest BCUT2D eigenvalue weighted by Gasteiger charge is 2.42. The van der Waals surface area contributed by atoms with Crippen molar-refractivity contribution in [2.75, 3.05) is 43.2 Å². The summed E-state index contributed by atoms with van der Waals surface area (Å²) < 4.78 is 401. The average molecular weight is 2230 g/mol. The molecule has 2 saturated heterocycles. The zero-order valence-electron chi connectivity index (χ0n) is 68.2. The smallest absolute Gasteiger partial charge is 0.398 e. The fraction of sp³-hybridized carbons (Fsp3) is 0.423. The van der Waals surface area contributed by atoms with E-state index in [4.69, 9.17) is 105 Å². The minimum atomic E-state index is -4.82. The maximum atomic E-state index is 13.6. The van der Waals surface area contributed by atoms with Crippen LogP contribution in [0.1, 0.15) is 173 Å². The molecule has 2 heterocycles. The van der Waals surface area contributed by atoms with Crippen LogP contribution in [0.4, 0.5) is 134 Å². The molecule has 3 unspecified atom stereocenters. The van der Waals surface area contributed by atoms with Crippen molar-refractivity contribution >= 4 is 154 Å². The molecule has 0 spiro atoms. The molecule has 0 radical (unpaired) electrons. The number of rotatable bonds is 11. The lowest BCUT2D eigenvalue weighted by Crippen LogP contribution is -2.37. The fourth-order valence-electron chi connectivity index (χ4n) is 8.95. The molecule has 8 N–H and O–H groups in total. The molecule has 3 atom stereocenters. The summed E-state index contributed by atoms with van der Waals surface area (Å²) in [6.07, 6.45) is -29.7. The Morgan fingerprint density at radius 2 is 0.806 bits per heavy atom. The molecular weight excluding hydrogens is 2150 g/mol. The van der Waals surface area contributed by atoms with Gasteiger partial charge in [0.15, 0.2) is 18.9 Å².